The average Bonchev–Trinajstić information content (AvgIpc) is 3.16. The third-order valence-electron chi connectivity index (χ3n) is 5.41. The molecule has 0 aliphatic carbocycles. The Morgan fingerprint density at radius 3 is 2.57 bits per heavy atom. The summed E-state index contributed by atoms with van der Waals surface area (Å²) in [5, 5.41) is 13.7. The first-order chi connectivity index (χ1) is 17.8. The normalized spacial score (nSPS) is 11.1. The minimum atomic E-state index is -0.609. The maximum atomic E-state index is 12.5. The molecule has 1 amide bonds. The Morgan fingerprint density at radius 2 is 1.84 bits per heavy atom. The Balaban J connectivity index is 1.31. The van der Waals surface area contributed by atoms with Gasteiger partial charge in [-0.15, -0.1) is 0 Å². The number of aromatic nitrogens is 3. The van der Waals surface area contributed by atoms with Gasteiger partial charge >= 0.3 is 16.7 Å². The first kappa shape index (κ1) is 27.8. The van der Waals surface area contributed by atoms with Gasteiger partial charge in [0.2, 0.25) is 0 Å². The summed E-state index contributed by atoms with van der Waals surface area (Å²) in [6.07, 6.45) is 0.227. The van der Waals surface area contributed by atoms with Crippen molar-refractivity contribution in [2.75, 3.05) is 4.43 Å². The second-order valence-corrected chi connectivity index (χ2v) is 11.8. The SMILES string of the molecule is O=C(NCc1ccc(Cn2c(=O)sn(CCCI)c2=O)cc1)OCc1ccc2c(Br)cc(Br)c(O)c2n1. The molecule has 2 aromatic carbocycles. The van der Waals surface area contributed by atoms with Gasteiger partial charge in [-0.05, 0) is 51.7 Å². The maximum Gasteiger partial charge on any atom is 0.407 e. The Kier molecular flexibility index (Phi) is 9.42. The van der Waals surface area contributed by atoms with E-state index in [1.54, 1.807) is 18.2 Å². The van der Waals surface area contributed by atoms with Gasteiger partial charge in [-0.2, -0.15) is 0 Å². The Bertz CT molecular complexity index is 1550. The standard InChI is InChI=1S/C24H21Br2IN4O5S/c25-18-10-19(26)21(32)20-17(18)7-6-16(29-20)13-36-22(33)28-11-14-2-4-15(5-3-14)12-30-23(34)31(9-1-8-27)37-24(30)35/h2-7,10,32H,1,8-9,11-13H2,(H,28,33). The number of aryl methyl sites for hydroxylation is 1. The fourth-order valence-electron chi connectivity index (χ4n) is 3.51. The number of ether oxygens (including phenoxy) is 1. The van der Waals surface area contributed by atoms with Crippen LogP contribution in [0.4, 0.5) is 4.79 Å². The lowest BCUT2D eigenvalue weighted by Gasteiger charge is -2.10. The Labute approximate surface area is 246 Å². The predicted octanol–water partition coefficient (Wildman–Crippen LogP) is 5.15. The van der Waals surface area contributed by atoms with Gasteiger partial charge < -0.3 is 15.2 Å². The summed E-state index contributed by atoms with van der Waals surface area (Å²) < 4.78 is 10.2. The zero-order valence-corrected chi connectivity index (χ0v) is 25.4. The number of alkyl halides is 1. The molecule has 0 saturated heterocycles. The summed E-state index contributed by atoms with van der Waals surface area (Å²) in [5.74, 6) is 0.0127. The summed E-state index contributed by atoms with van der Waals surface area (Å²) >= 11 is 9.92. The summed E-state index contributed by atoms with van der Waals surface area (Å²) in [6.45, 7) is 0.925. The van der Waals surface area contributed by atoms with Gasteiger partial charge in [0, 0.05) is 38.9 Å². The fraction of sp³-hybridized carbons (Fsp3) is 0.250. The third kappa shape index (κ3) is 6.81. The largest absolute Gasteiger partial charge is 0.505 e. The minimum absolute atomic E-state index is 0.0127. The molecule has 4 aromatic rings. The predicted molar refractivity (Wildman–Crippen MR) is 158 cm³/mol. The molecule has 0 spiro atoms. The van der Waals surface area contributed by atoms with Crippen LogP contribution in [-0.4, -0.2) is 29.1 Å². The van der Waals surface area contributed by atoms with Crippen LogP contribution in [0.25, 0.3) is 10.9 Å². The number of halogens is 3. The molecule has 0 fully saturated rings. The van der Waals surface area contributed by atoms with E-state index in [2.05, 4.69) is 64.8 Å². The monoisotopic (exact) mass is 762 g/mol. The highest BCUT2D eigenvalue weighted by molar-refractivity contribution is 14.1. The number of alkyl carbamates (subject to hydrolysis) is 1. The first-order valence-electron chi connectivity index (χ1n) is 11.1. The number of nitrogens with one attached hydrogen (secondary N) is 1. The van der Waals surface area contributed by atoms with Crippen LogP contribution < -0.4 is 15.9 Å². The molecule has 0 saturated carbocycles. The van der Waals surface area contributed by atoms with Crippen LogP contribution in [0.15, 0.2) is 61.0 Å². The lowest BCUT2D eigenvalue weighted by molar-refractivity contribution is 0.138. The molecule has 9 nitrogen and oxygen atoms in total. The van der Waals surface area contributed by atoms with Crippen LogP contribution in [0.2, 0.25) is 0 Å². The number of benzene rings is 2. The fourth-order valence-corrected chi connectivity index (χ4v) is 5.95. The number of amides is 1. The summed E-state index contributed by atoms with van der Waals surface area (Å²) in [4.78, 5) is 41.0. The van der Waals surface area contributed by atoms with Crippen LogP contribution in [0, 0.1) is 0 Å². The number of hydrogen-bond acceptors (Lipinski definition) is 7. The molecular formula is C24H21Br2IN4O5S. The molecule has 0 atom stereocenters. The van der Waals surface area contributed by atoms with Gasteiger partial charge in [0.15, 0.2) is 5.75 Å². The van der Waals surface area contributed by atoms with E-state index in [0.29, 0.717) is 22.2 Å². The van der Waals surface area contributed by atoms with Gasteiger partial charge in [0.25, 0.3) is 0 Å². The quantitative estimate of drug-likeness (QED) is 0.180. The van der Waals surface area contributed by atoms with Crippen molar-refractivity contribution in [1.82, 2.24) is 18.8 Å². The van der Waals surface area contributed by atoms with Crippen molar-refractivity contribution in [3.05, 3.63) is 88.4 Å². The van der Waals surface area contributed by atoms with Gasteiger partial charge in [0.05, 0.1) is 16.7 Å². The van der Waals surface area contributed by atoms with E-state index in [-0.39, 0.29) is 36.0 Å². The lowest BCUT2D eigenvalue weighted by atomic mass is 10.1. The zero-order valence-electron chi connectivity index (χ0n) is 19.2. The molecule has 2 aromatic heterocycles. The first-order valence-corrected chi connectivity index (χ1v) is 15.0. The van der Waals surface area contributed by atoms with E-state index in [1.807, 2.05) is 24.3 Å². The number of nitrogens with zero attached hydrogens (tertiary/aromatic N) is 3. The summed E-state index contributed by atoms with van der Waals surface area (Å²) in [5.41, 5.74) is 2.25. The smallest absolute Gasteiger partial charge is 0.407 e. The van der Waals surface area contributed by atoms with Crippen molar-refractivity contribution in [2.24, 2.45) is 0 Å². The highest BCUT2D eigenvalue weighted by Crippen LogP contribution is 2.36. The molecule has 2 heterocycles. The Morgan fingerprint density at radius 1 is 1.11 bits per heavy atom. The zero-order chi connectivity index (χ0) is 26.5. The number of fused-ring (bicyclic) bond motifs is 1. The molecule has 0 aliphatic rings. The van der Waals surface area contributed by atoms with Crippen LogP contribution in [0.3, 0.4) is 0 Å². The molecule has 13 heteroatoms. The highest BCUT2D eigenvalue weighted by atomic mass is 127. The topological polar surface area (TPSA) is 115 Å². The number of hydrogen-bond donors (Lipinski definition) is 2. The van der Waals surface area contributed by atoms with Crippen molar-refractivity contribution >= 4 is 83.0 Å². The number of pyridine rings is 1. The number of carbonyl (C=O) groups excluding carboxylic acids is 1. The van der Waals surface area contributed by atoms with Crippen molar-refractivity contribution in [3.8, 4) is 5.75 Å². The average molecular weight is 764 g/mol. The molecule has 194 valence electrons. The second-order valence-electron chi connectivity index (χ2n) is 8.00. The molecule has 0 bridgehead atoms. The molecule has 0 radical (unpaired) electrons. The molecular weight excluding hydrogens is 743 g/mol. The summed E-state index contributed by atoms with van der Waals surface area (Å²) in [6, 6.07) is 12.5. The van der Waals surface area contributed by atoms with E-state index in [9.17, 15) is 19.5 Å². The number of carbonyl (C=O) groups is 1. The number of phenolic OH excluding ortho intramolecular Hbond substituents is 1. The van der Waals surface area contributed by atoms with Gasteiger partial charge in [0.1, 0.15) is 12.1 Å². The minimum Gasteiger partial charge on any atom is -0.505 e. The molecule has 0 unspecified atom stereocenters. The van der Waals surface area contributed by atoms with Crippen LogP contribution in [-0.2, 0) is 31.0 Å². The lowest BCUT2D eigenvalue weighted by Crippen LogP contribution is -2.29. The van der Waals surface area contributed by atoms with E-state index >= 15 is 0 Å². The maximum absolute atomic E-state index is 12.5. The van der Waals surface area contributed by atoms with Crippen molar-refractivity contribution in [3.63, 3.8) is 0 Å². The molecule has 37 heavy (non-hydrogen) atoms. The van der Waals surface area contributed by atoms with Crippen molar-refractivity contribution in [2.45, 2.75) is 32.7 Å². The van der Waals surface area contributed by atoms with Crippen LogP contribution in [0.5, 0.6) is 5.75 Å². The van der Waals surface area contributed by atoms with E-state index < -0.39 is 6.09 Å². The number of rotatable bonds is 9. The summed E-state index contributed by atoms with van der Waals surface area (Å²) in [7, 11) is 0. The molecule has 0 aliphatic heterocycles. The number of aromatic hydroxyl groups is 1. The second kappa shape index (κ2) is 12.5. The van der Waals surface area contributed by atoms with Gasteiger partial charge in [-0.1, -0.05) is 62.8 Å². The highest BCUT2D eigenvalue weighted by Gasteiger charge is 2.13. The number of phenols is 1. The van der Waals surface area contributed by atoms with Crippen molar-refractivity contribution < 1.29 is 14.6 Å². The molecule has 4 rings (SSSR count). The van der Waals surface area contributed by atoms with Crippen LogP contribution in [0.1, 0.15) is 23.2 Å². The van der Waals surface area contributed by atoms with Crippen LogP contribution >= 0.6 is 66.0 Å². The van der Waals surface area contributed by atoms with Crippen molar-refractivity contribution in [1.29, 1.82) is 0 Å². The molecule has 2 N–H and O–H groups in total. The Hall–Kier alpha value is -2.23. The van der Waals surface area contributed by atoms with Gasteiger partial charge in [-0.25, -0.2) is 23.1 Å². The van der Waals surface area contributed by atoms with E-state index in [0.717, 1.165) is 43.4 Å². The van der Waals surface area contributed by atoms with Gasteiger partial charge in [-0.3, -0.25) is 4.79 Å². The third-order valence-corrected chi connectivity index (χ3v) is 8.37. The van der Waals surface area contributed by atoms with E-state index in [1.165, 1.54) is 8.52 Å². The van der Waals surface area contributed by atoms with E-state index in [4.69, 9.17) is 4.74 Å².